The fourth-order valence-electron chi connectivity index (χ4n) is 7.17. The Labute approximate surface area is 258 Å². The van der Waals surface area contributed by atoms with Crippen LogP contribution in [0.4, 0.5) is 23.2 Å². The van der Waals surface area contributed by atoms with Crippen LogP contribution >= 0.6 is 0 Å². The number of benzene rings is 2. The van der Waals surface area contributed by atoms with Crippen molar-refractivity contribution in [3.8, 4) is 11.8 Å². The van der Waals surface area contributed by atoms with E-state index in [9.17, 15) is 22.8 Å². The number of aromatic nitrogens is 3. The third-order valence-corrected chi connectivity index (χ3v) is 9.24. The molecule has 3 aromatic rings. The summed E-state index contributed by atoms with van der Waals surface area (Å²) in [5.74, 6) is 5.20. The summed E-state index contributed by atoms with van der Waals surface area (Å²) >= 11 is 0. The van der Waals surface area contributed by atoms with Crippen LogP contribution in [0.25, 0.3) is 0 Å². The van der Waals surface area contributed by atoms with Crippen molar-refractivity contribution in [2.24, 2.45) is 13.0 Å². The number of carbonyl (C=O) groups excluding carboxylic acids is 2. The molecule has 0 spiro atoms. The summed E-state index contributed by atoms with van der Waals surface area (Å²) in [6, 6.07) is 9.90. The highest BCUT2D eigenvalue weighted by Crippen LogP contribution is 2.52. The molecule has 1 aliphatic carbocycles. The molecule has 0 bridgehead atoms. The molecule has 3 aliphatic rings. The first-order chi connectivity index (χ1) is 21.3. The minimum Gasteiger partial charge on any atom is -0.329 e. The van der Waals surface area contributed by atoms with E-state index in [4.69, 9.17) is 0 Å². The summed E-state index contributed by atoms with van der Waals surface area (Å²) in [7, 11) is 1.88. The first-order valence-corrected chi connectivity index (χ1v) is 14.9. The number of halogens is 4. The molecule has 0 radical (unpaired) electrons. The number of carbonyl (C=O) groups is 2. The highest BCUT2D eigenvalue weighted by Gasteiger charge is 2.48. The van der Waals surface area contributed by atoms with Gasteiger partial charge in [-0.3, -0.25) is 9.59 Å². The van der Waals surface area contributed by atoms with E-state index in [1.165, 1.54) is 22.8 Å². The van der Waals surface area contributed by atoms with Gasteiger partial charge in [-0.1, -0.05) is 25.0 Å². The highest BCUT2D eigenvalue weighted by molar-refractivity contribution is 6.10. The van der Waals surface area contributed by atoms with E-state index < -0.39 is 34.6 Å². The van der Waals surface area contributed by atoms with E-state index >= 15 is 4.39 Å². The lowest BCUT2D eigenvalue weighted by atomic mass is 9.58. The number of alkyl halides is 4. The first-order valence-electron chi connectivity index (χ1n) is 14.9. The minimum atomic E-state index is -4.69. The maximum atomic E-state index is 15.4. The molecule has 12 heteroatoms. The van der Waals surface area contributed by atoms with Crippen LogP contribution in [0, 0.1) is 17.8 Å². The fourth-order valence-corrected chi connectivity index (χ4v) is 7.17. The molecule has 2 aliphatic heterocycles. The molecule has 3 heterocycles. The number of rotatable bonds is 7. The molecule has 6 rings (SSSR count). The predicted molar refractivity (Wildman–Crippen MR) is 159 cm³/mol. The number of aryl methyl sites for hydroxylation is 1. The summed E-state index contributed by atoms with van der Waals surface area (Å²) < 4.78 is 60.2. The van der Waals surface area contributed by atoms with Gasteiger partial charge in [0.2, 0.25) is 0 Å². The lowest BCUT2D eigenvalue weighted by Gasteiger charge is -2.46. The van der Waals surface area contributed by atoms with Gasteiger partial charge in [-0.05, 0) is 72.6 Å². The average Bonchev–Trinajstić information content (AvgIpc) is 3.68. The Balaban J connectivity index is 1.23. The first kappa shape index (κ1) is 30.8. The molecule has 8 nitrogen and oxygen atoms in total. The molecule has 1 N–H and O–H groups in total. The van der Waals surface area contributed by atoms with E-state index in [0.29, 0.717) is 11.6 Å². The van der Waals surface area contributed by atoms with E-state index in [-0.39, 0.29) is 55.8 Å². The molecular formula is C33H34F4N6O2. The van der Waals surface area contributed by atoms with Crippen molar-refractivity contribution in [3.05, 3.63) is 76.4 Å². The number of hydrogen-bond donors (Lipinski definition) is 1. The van der Waals surface area contributed by atoms with Crippen LogP contribution < -0.4 is 10.2 Å². The number of hydrogen-bond acceptors (Lipinski definition) is 5. The second-order valence-electron chi connectivity index (χ2n) is 12.6. The minimum absolute atomic E-state index is 0.0157. The molecule has 2 fully saturated rings. The SMILES string of the molecule is CC#CC(=O)N1CC[C@@](F)(CNCc2cc3c(c(C(F)(F)F)c2)CN(c2cccc(C4(c5nncn5C)CC(C)C4)c2)C3=O)C1. The summed E-state index contributed by atoms with van der Waals surface area (Å²) in [6.45, 7) is 3.30. The predicted octanol–water partition coefficient (Wildman–Crippen LogP) is 4.76. The zero-order valence-corrected chi connectivity index (χ0v) is 25.3. The Kier molecular flexibility index (Phi) is 7.72. The standard InChI is InChI=1S/C33H34F4N6O2/c1-4-6-28(44)42-10-9-31(34,19-42)18-38-16-22-11-25-26(27(12-22)33(35,36)37)17-43(29(25)45)24-8-5-7-23(13-24)32(14-21(2)15-32)30-40-39-20-41(30)3/h5,7-8,11-13,20-21,38H,9-10,14-19H2,1-3H3/t21?,31-,32?/m1/s1. The van der Waals surface area contributed by atoms with Crippen LogP contribution in [0.1, 0.15) is 71.5 Å². The van der Waals surface area contributed by atoms with Crippen molar-refractivity contribution < 1.29 is 27.2 Å². The van der Waals surface area contributed by atoms with Gasteiger partial charge in [0.05, 0.1) is 24.1 Å². The summed E-state index contributed by atoms with van der Waals surface area (Å²) in [6.07, 6.45) is -1.27. The van der Waals surface area contributed by atoms with Crippen LogP contribution in [-0.2, 0) is 36.5 Å². The molecule has 1 aromatic heterocycles. The second kappa shape index (κ2) is 11.3. The van der Waals surface area contributed by atoms with Gasteiger partial charge in [-0.2, -0.15) is 13.2 Å². The fraction of sp³-hybridized carbons (Fsp3) is 0.455. The zero-order chi connectivity index (χ0) is 32.1. The summed E-state index contributed by atoms with van der Waals surface area (Å²) in [5.41, 5.74) is -1.43. The number of amides is 2. The topological polar surface area (TPSA) is 83.4 Å². The Bertz CT molecular complexity index is 1720. The van der Waals surface area contributed by atoms with Crippen LogP contribution in [0.3, 0.4) is 0 Å². The quantitative estimate of drug-likeness (QED) is 0.304. The number of likely N-dealkylation sites (tertiary alicyclic amines) is 1. The van der Waals surface area contributed by atoms with Crippen molar-refractivity contribution in [2.75, 3.05) is 24.5 Å². The zero-order valence-electron chi connectivity index (χ0n) is 25.3. The Morgan fingerprint density at radius 1 is 1.20 bits per heavy atom. The van der Waals surface area contributed by atoms with E-state index in [2.05, 4.69) is 34.3 Å². The van der Waals surface area contributed by atoms with Gasteiger partial charge in [-0.25, -0.2) is 4.39 Å². The molecule has 0 unspecified atom stereocenters. The van der Waals surface area contributed by atoms with E-state index in [1.807, 2.05) is 29.8 Å². The third-order valence-electron chi connectivity index (χ3n) is 9.24. The normalized spacial score (nSPS) is 24.3. The molecule has 45 heavy (non-hydrogen) atoms. The van der Waals surface area contributed by atoms with Crippen molar-refractivity contribution in [2.45, 2.75) is 63.5 Å². The number of fused-ring (bicyclic) bond motifs is 1. The highest BCUT2D eigenvalue weighted by atomic mass is 19.4. The van der Waals surface area contributed by atoms with Gasteiger partial charge in [0, 0.05) is 44.4 Å². The number of anilines is 1. The van der Waals surface area contributed by atoms with Crippen LogP contribution in [0.2, 0.25) is 0 Å². The Morgan fingerprint density at radius 3 is 2.64 bits per heavy atom. The Hall–Kier alpha value is -4.24. The van der Waals surface area contributed by atoms with Crippen molar-refractivity contribution in [3.63, 3.8) is 0 Å². The van der Waals surface area contributed by atoms with Gasteiger partial charge in [0.15, 0.2) is 0 Å². The van der Waals surface area contributed by atoms with Crippen LogP contribution in [0.5, 0.6) is 0 Å². The largest absolute Gasteiger partial charge is 0.416 e. The molecule has 236 valence electrons. The number of nitrogens with one attached hydrogen (secondary N) is 1. The monoisotopic (exact) mass is 622 g/mol. The smallest absolute Gasteiger partial charge is 0.329 e. The summed E-state index contributed by atoms with van der Waals surface area (Å²) in [4.78, 5) is 28.4. The van der Waals surface area contributed by atoms with Gasteiger partial charge < -0.3 is 19.7 Å². The lowest BCUT2D eigenvalue weighted by Crippen LogP contribution is -2.43. The molecule has 1 saturated heterocycles. The summed E-state index contributed by atoms with van der Waals surface area (Å²) in [5, 5.41) is 11.3. The van der Waals surface area contributed by atoms with Gasteiger partial charge in [0.25, 0.3) is 11.8 Å². The van der Waals surface area contributed by atoms with Gasteiger partial charge in [-0.15, -0.1) is 10.2 Å². The van der Waals surface area contributed by atoms with Crippen molar-refractivity contribution in [1.29, 1.82) is 0 Å². The van der Waals surface area contributed by atoms with Crippen LogP contribution in [-0.4, -0.2) is 56.8 Å². The van der Waals surface area contributed by atoms with Gasteiger partial charge >= 0.3 is 6.18 Å². The molecular weight excluding hydrogens is 588 g/mol. The molecule has 2 aromatic carbocycles. The number of nitrogens with zero attached hydrogens (tertiary/aromatic N) is 5. The maximum Gasteiger partial charge on any atom is 0.416 e. The van der Waals surface area contributed by atoms with E-state index in [0.717, 1.165) is 30.3 Å². The molecule has 1 saturated carbocycles. The maximum absolute atomic E-state index is 15.4. The van der Waals surface area contributed by atoms with E-state index in [1.54, 1.807) is 12.4 Å². The third kappa shape index (κ3) is 5.58. The van der Waals surface area contributed by atoms with Gasteiger partial charge in [0.1, 0.15) is 17.8 Å². The Morgan fingerprint density at radius 2 is 1.98 bits per heavy atom. The van der Waals surface area contributed by atoms with Crippen molar-refractivity contribution >= 4 is 17.5 Å². The molecule has 2 amide bonds. The van der Waals surface area contributed by atoms with Crippen molar-refractivity contribution in [1.82, 2.24) is 25.0 Å². The van der Waals surface area contributed by atoms with Crippen LogP contribution in [0.15, 0.2) is 42.7 Å². The molecule has 1 atom stereocenters. The second-order valence-corrected chi connectivity index (χ2v) is 12.6. The average molecular weight is 623 g/mol. The lowest BCUT2D eigenvalue weighted by molar-refractivity contribution is -0.138.